The molecule has 1 aliphatic rings. The number of ketones is 2. The van der Waals surface area contributed by atoms with Crippen LogP contribution in [0.4, 0.5) is 0 Å². The van der Waals surface area contributed by atoms with Crippen LogP contribution in [0.1, 0.15) is 20.8 Å². The van der Waals surface area contributed by atoms with Crippen molar-refractivity contribution in [3.63, 3.8) is 0 Å². The minimum absolute atomic E-state index is 0. The fourth-order valence-corrected chi connectivity index (χ4v) is 1.10. The molecule has 1 rings (SSSR count). The Bertz CT molecular complexity index is 293. The first kappa shape index (κ1) is 12.4. The van der Waals surface area contributed by atoms with Crippen molar-refractivity contribution in [3.8, 4) is 0 Å². The van der Waals surface area contributed by atoms with Gasteiger partial charge in [0.25, 0.3) is 0 Å². The zero-order chi connectivity index (χ0) is 9.35. The van der Waals surface area contributed by atoms with Crippen LogP contribution in [-0.2, 0) is 29.1 Å². The van der Waals surface area contributed by atoms with Gasteiger partial charge in [-0.1, -0.05) is 20.8 Å². The summed E-state index contributed by atoms with van der Waals surface area (Å²) >= 11 is 0. The largest absolute Gasteiger partial charge is 0.290 e. The summed E-state index contributed by atoms with van der Waals surface area (Å²) in [5.41, 5.74) is 0.354. The fourth-order valence-electron chi connectivity index (χ4n) is 1.10. The third kappa shape index (κ3) is 3.00. The van der Waals surface area contributed by atoms with Crippen molar-refractivity contribution < 1.29 is 29.1 Å². The van der Waals surface area contributed by atoms with E-state index >= 15 is 0 Å². The first-order valence-corrected chi connectivity index (χ1v) is 3.90. The second-order valence-electron chi connectivity index (χ2n) is 3.91. The average Bonchev–Trinajstić information content (AvgIpc) is 1.92. The van der Waals surface area contributed by atoms with Crippen molar-refractivity contribution in [1.82, 2.24) is 0 Å². The van der Waals surface area contributed by atoms with Crippen LogP contribution in [0.2, 0.25) is 0 Å². The van der Waals surface area contributed by atoms with Gasteiger partial charge in [0.05, 0.1) is 0 Å². The van der Waals surface area contributed by atoms with Crippen LogP contribution >= 0.6 is 0 Å². The summed E-state index contributed by atoms with van der Waals surface area (Å²) in [6.07, 6.45) is 4.06. The van der Waals surface area contributed by atoms with Crippen LogP contribution in [-0.4, -0.2) is 11.6 Å². The normalized spacial score (nSPS) is 16.7. The van der Waals surface area contributed by atoms with Crippen LogP contribution < -0.4 is 0 Å². The Morgan fingerprint density at radius 3 is 2.00 bits per heavy atom. The Balaban J connectivity index is 0.00000144. The predicted octanol–water partition coefficient (Wildman–Crippen LogP) is 1.66. The number of hydrogen-bond donors (Lipinski definition) is 0. The Labute approximate surface area is 90.8 Å². The van der Waals surface area contributed by atoms with Crippen molar-refractivity contribution in [3.05, 3.63) is 23.8 Å². The van der Waals surface area contributed by atoms with Gasteiger partial charge in [-0.15, -0.1) is 0 Å². The molecule has 0 aromatic heterocycles. The van der Waals surface area contributed by atoms with Crippen LogP contribution in [0.25, 0.3) is 0 Å². The molecule has 0 spiro atoms. The molecule has 0 N–H and O–H groups in total. The number of rotatable bonds is 0. The molecule has 0 aliphatic heterocycles. The molecule has 3 heteroatoms. The Morgan fingerprint density at radius 2 is 1.62 bits per heavy atom. The van der Waals surface area contributed by atoms with E-state index in [0.29, 0.717) is 5.57 Å². The van der Waals surface area contributed by atoms with E-state index in [1.165, 1.54) is 18.2 Å². The molecular weight excluding hydrogens is 253 g/mol. The fraction of sp³-hybridized carbons (Fsp3) is 0.400. The molecule has 0 aromatic carbocycles. The van der Waals surface area contributed by atoms with Gasteiger partial charge in [0.1, 0.15) is 0 Å². The van der Waals surface area contributed by atoms with Crippen molar-refractivity contribution in [1.29, 1.82) is 0 Å². The first-order valence-electron chi connectivity index (χ1n) is 3.90. The van der Waals surface area contributed by atoms with E-state index in [9.17, 15) is 9.59 Å². The monoisotopic (exact) mass is 266 g/mol. The van der Waals surface area contributed by atoms with Gasteiger partial charge >= 0.3 is 0 Å². The molecule has 0 aromatic rings. The van der Waals surface area contributed by atoms with Crippen LogP contribution in [0, 0.1) is 5.41 Å². The average molecular weight is 265 g/mol. The topological polar surface area (TPSA) is 34.1 Å². The predicted molar refractivity (Wildman–Crippen MR) is 46.7 cm³/mol. The second kappa shape index (κ2) is 4.10. The molecule has 1 aliphatic carbocycles. The van der Waals surface area contributed by atoms with Crippen LogP contribution in [0.15, 0.2) is 23.8 Å². The number of allylic oxidation sites excluding steroid dienone is 4. The minimum atomic E-state index is -0.239. The van der Waals surface area contributed by atoms with Gasteiger partial charge in [-0.05, 0) is 23.6 Å². The van der Waals surface area contributed by atoms with Crippen molar-refractivity contribution in [2.24, 2.45) is 5.41 Å². The maximum absolute atomic E-state index is 11.3. The van der Waals surface area contributed by atoms with Crippen LogP contribution in [0.3, 0.4) is 0 Å². The van der Waals surface area contributed by atoms with E-state index in [4.69, 9.17) is 0 Å². The first-order chi connectivity index (χ1) is 5.41. The van der Waals surface area contributed by atoms with Gasteiger partial charge in [0.2, 0.25) is 0 Å². The molecule has 2 nitrogen and oxygen atoms in total. The summed E-state index contributed by atoms with van der Waals surface area (Å²) in [5, 5.41) is 0. The number of carbonyl (C=O) groups is 2. The minimum Gasteiger partial charge on any atom is -0.290 e. The Hall–Kier alpha value is -0.557. The Kier molecular flexibility index (Phi) is 3.93. The molecule has 0 saturated heterocycles. The van der Waals surface area contributed by atoms with E-state index in [0.717, 1.165) is 0 Å². The molecule has 72 valence electrons. The van der Waals surface area contributed by atoms with E-state index < -0.39 is 0 Å². The summed E-state index contributed by atoms with van der Waals surface area (Å²) in [7, 11) is 0. The van der Waals surface area contributed by atoms with Crippen molar-refractivity contribution in [2.75, 3.05) is 0 Å². The number of carbonyl (C=O) groups excluding carboxylic acids is 2. The van der Waals surface area contributed by atoms with Gasteiger partial charge in [-0.2, -0.15) is 0 Å². The zero-order valence-electron chi connectivity index (χ0n) is 7.90. The third-order valence-electron chi connectivity index (χ3n) is 1.76. The van der Waals surface area contributed by atoms with Crippen molar-refractivity contribution >= 4 is 11.6 Å². The molecule has 0 saturated carbocycles. The molecule has 0 amide bonds. The zero-order valence-corrected chi connectivity index (χ0v) is 9.64. The smallest absolute Gasteiger partial charge is 0.182 e. The standard InChI is InChI=1S/C10H12O2.Ru/c1-10(2,3)8-6-7(11)4-5-9(8)12;/h4-6H,1-3H3;. The van der Waals surface area contributed by atoms with Gasteiger partial charge in [0.15, 0.2) is 11.6 Å². The molecule has 0 radical (unpaired) electrons. The van der Waals surface area contributed by atoms with E-state index in [2.05, 4.69) is 0 Å². The van der Waals surface area contributed by atoms with E-state index in [1.807, 2.05) is 20.8 Å². The summed E-state index contributed by atoms with van der Waals surface area (Å²) in [6, 6.07) is 0. The second-order valence-corrected chi connectivity index (χ2v) is 3.91. The maximum Gasteiger partial charge on any atom is 0.182 e. The molecule has 0 bridgehead atoms. The summed E-state index contributed by atoms with van der Waals surface area (Å²) < 4.78 is 0. The Morgan fingerprint density at radius 1 is 1.08 bits per heavy atom. The van der Waals surface area contributed by atoms with Gasteiger partial charge in [0, 0.05) is 25.1 Å². The molecule has 0 unspecified atom stereocenters. The molecule has 0 fully saturated rings. The van der Waals surface area contributed by atoms with E-state index in [1.54, 1.807) is 0 Å². The van der Waals surface area contributed by atoms with Gasteiger partial charge in [-0.3, -0.25) is 9.59 Å². The number of hydrogen-bond acceptors (Lipinski definition) is 2. The molecule has 13 heavy (non-hydrogen) atoms. The summed E-state index contributed by atoms with van der Waals surface area (Å²) in [5.74, 6) is -0.151. The third-order valence-corrected chi connectivity index (χ3v) is 1.76. The van der Waals surface area contributed by atoms with E-state index in [-0.39, 0.29) is 36.5 Å². The van der Waals surface area contributed by atoms with Gasteiger partial charge in [-0.25, -0.2) is 0 Å². The SMILES string of the molecule is CC(C)(C)C1=CC(=O)C=CC1=O.[Ru]. The quantitative estimate of drug-likeness (QED) is 0.493. The summed E-state index contributed by atoms with van der Waals surface area (Å²) in [6.45, 7) is 5.76. The molecule has 0 atom stereocenters. The van der Waals surface area contributed by atoms with Crippen LogP contribution in [0.5, 0.6) is 0 Å². The molecule has 0 heterocycles. The summed E-state index contributed by atoms with van der Waals surface area (Å²) in [4.78, 5) is 22.2. The van der Waals surface area contributed by atoms with Crippen molar-refractivity contribution in [2.45, 2.75) is 20.8 Å². The van der Waals surface area contributed by atoms with Gasteiger partial charge < -0.3 is 0 Å². The maximum atomic E-state index is 11.3. The molecular formula is C10H12O2Ru.